The van der Waals surface area contributed by atoms with E-state index in [0.717, 1.165) is 46.1 Å². The first-order chi connectivity index (χ1) is 16.1. The van der Waals surface area contributed by atoms with Crippen molar-refractivity contribution in [1.29, 1.82) is 0 Å². The molecule has 5 nitrogen and oxygen atoms in total. The Hall–Kier alpha value is -2.61. The number of aromatic nitrogens is 4. The molecule has 0 radical (unpaired) electrons. The molecule has 1 atom stereocenters. The maximum absolute atomic E-state index is 13.9. The van der Waals surface area contributed by atoms with Crippen molar-refractivity contribution in [1.82, 2.24) is 19.2 Å². The first-order valence-corrected chi connectivity index (χ1v) is 13.1. The Bertz CT molecular complexity index is 1540. The van der Waals surface area contributed by atoms with Crippen molar-refractivity contribution in [2.45, 2.75) is 37.1 Å². The van der Waals surface area contributed by atoms with Gasteiger partial charge < -0.3 is 0 Å². The fourth-order valence-electron chi connectivity index (χ4n) is 4.55. The Morgan fingerprint density at radius 1 is 1.12 bits per heavy atom. The van der Waals surface area contributed by atoms with Gasteiger partial charge in [-0.2, -0.15) is 0 Å². The van der Waals surface area contributed by atoms with Crippen LogP contribution >= 0.6 is 34.7 Å². The Balaban J connectivity index is 1.61. The van der Waals surface area contributed by atoms with Crippen LogP contribution in [0.2, 0.25) is 5.02 Å². The molecule has 0 aliphatic heterocycles. The largest absolute Gasteiger partial charge is 0.268 e. The Morgan fingerprint density at radius 2 is 1.91 bits per heavy atom. The van der Waals surface area contributed by atoms with Crippen molar-refractivity contribution >= 4 is 50.7 Å². The lowest BCUT2D eigenvalue weighted by atomic mass is 9.89. The summed E-state index contributed by atoms with van der Waals surface area (Å²) in [5.74, 6) is 1.89. The molecule has 5 aromatic rings. The number of rotatable bonds is 4. The molecule has 0 bridgehead atoms. The van der Waals surface area contributed by atoms with Gasteiger partial charge >= 0.3 is 0 Å². The predicted molar refractivity (Wildman–Crippen MR) is 136 cm³/mol. The van der Waals surface area contributed by atoms with E-state index < -0.39 is 0 Å². The molecule has 0 fully saturated rings. The minimum absolute atomic E-state index is 0.0292. The summed E-state index contributed by atoms with van der Waals surface area (Å²) in [5.41, 5.74) is 3.14. The SMILES string of the molecule is C[C@@H]1CCc2sc3c(c2C1)c(=O)n(-c1ccc(Cl)cc1)c1nnc(SCc2ccccc2)n31. The molecule has 2 aromatic carbocycles. The third kappa shape index (κ3) is 3.59. The number of hydrogen-bond donors (Lipinski definition) is 0. The molecular weight excluding hydrogens is 472 g/mol. The van der Waals surface area contributed by atoms with Crippen molar-refractivity contribution in [3.63, 3.8) is 0 Å². The van der Waals surface area contributed by atoms with Crippen molar-refractivity contribution in [2.24, 2.45) is 5.92 Å². The number of benzene rings is 2. The summed E-state index contributed by atoms with van der Waals surface area (Å²) in [6.45, 7) is 2.27. The molecule has 8 heteroatoms. The summed E-state index contributed by atoms with van der Waals surface area (Å²) in [4.78, 5) is 16.2. The van der Waals surface area contributed by atoms with Gasteiger partial charge in [-0.25, -0.2) is 8.97 Å². The molecule has 166 valence electrons. The molecular formula is C25H21ClN4OS2. The van der Waals surface area contributed by atoms with Crippen LogP contribution in [0.5, 0.6) is 0 Å². The second-order valence-electron chi connectivity index (χ2n) is 8.54. The van der Waals surface area contributed by atoms with E-state index in [1.165, 1.54) is 16.0 Å². The minimum atomic E-state index is -0.0292. The van der Waals surface area contributed by atoms with Gasteiger partial charge in [0.25, 0.3) is 5.56 Å². The van der Waals surface area contributed by atoms with Crippen LogP contribution in [0.25, 0.3) is 21.7 Å². The van der Waals surface area contributed by atoms with Crippen LogP contribution in [0.4, 0.5) is 0 Å². The lowest BCUT2D eigenvalue weighted by Gasteiger charge is -2.18. The summed E-state index contributed by atoms with van der Waals surface area (Å²) in [7, 11) is 0. The van der Waals surface area contributed by atoms with E-state index in [1.807, 2.05) is 30.3 Å². The summed E-state index contributed by atoms with van der Waals surface area (Å²) < 4.78 is 3.76. The lowest BCUT2D eigenvalue weighted by Crippen LogP contribution is -2.22. The molecule has 3 heterocycles. The van der Waals surface area contributed by atoms with E-state index in [1.54, 1.807) is 39.8 Å². The van der Waals surface area contributed by atoms with Crippen LogP contribution in [-0.4, -0.2) is 19.2 Å². The Morgan fingerprint density at radius 3 is 2.70 bits per heavy atom. The van der Waals surface area contributed by atoms with Gasteiger partial charge in [0, 0.05) is 15.7 Å². The highest BCUT2D eigenvalue weighted by atomic mass is 35.5. The topological polar surface area (TPSA) is 52.2 Å². The summed E-state index contributed by atoms with van der Waals surface area (Å²) >= 11 is 9.50. The zero-order chi connectivity index (χ0) is 22.5. The first-order valence-electron chi connectivity index (χ1n) is 11.0. The Labute approximate surface area is 204 Å². The number of thioether (sulfide) groups is 1. The smallest absolute Gasteiger partial charge is 0.268 e. The molecule has 0 saturated heterocycles. The van der Waals surface area contributed by atoms with Crippen LogP contribution in [0.15, 0.2) is 64.5 Å². The third-order valence-corrected chi connectivity index (χ3v) is 8.75. The molecule has 1 aliphatic rings. The molecule has 3 aromatic heterocycles. The molecule has 6 rings (SSSR count). The van der Waals surface area contributed by atoms with Crippen molar-refractivity contribution in [3.8, 4) is 5.69 Å². The van der Waals surface area contributed by atoms with Gasteiger partial charge in [-0.05, 0) is 60.6 Å². The number of aryl methyl sites for hydroxylation is 1. The number of thiophene rings is 1. The highest BCUT2D eigenvalue weighted by Gasteiger charge is 2.27. The van der Waals surface area contributed by atoms with Crippen molar-refractivity contribution < 1.29 is 0 Å². The summed E-state index contributed by atoms with van der Waals surface area (Å²) in [6, 6.07) is 17.7. The Kier molecular flexibility index (Phi) is 5.28. The zero-order valence-electron chi connectivity index (χ0n) is 18.0. The van der Waals surface area contributed by atoms with E-state index in [2.05, 4.69) is 33.7 Å². The van der Waals surface area contributed by atoms with Crippen LogP contribution in [-0.2, 0) is 18.6 Å². The summed E-state index contributed by atoms with van der Waals surface area (Å²) in [5, 5.41) is 11.3. The number of halogens is 1. The van der Waals surface area contributed by atoms with E-state index in [9.17, 15) is 4.79 Å². The van der Waals surface area contributed by atoms with Crippen LogP contribution in [0.3, 0.4) is 0 Å². The fraction of sp³-hybridized carbons (Fsp3) is 0.240. The quantitative estimate of drug-likeness (QED) is 0.282. The molecule has 0 unspecified atom stereocenters. The van der Waals surface area contributed by atoms with Gasteiger partial charge in [-0.15, -0.1) is 21.5 Å². The third-order valence-electron chi connectivity index (χ3n) is 6.22. The molecule has 0 saturated carbocycles. The molecule has 0 amide bonds. The lowest BCUT2D eigenvalue weighted by molar-refractivity contribution is 0.508. The van der Waals surface area contributed by atoms with Crippen LogP contribution in [0.1, 0.15) is 29.3 Å². The van der Waals surface area contributed by atoms with Crippen LogP contribution in [0, 0.1) is 5.92 Å². The molecule has 33 heavy (non-hydrogen) atoms. The predicted octanol–water partition coefficient (Wildman–Crippen LogP) is 6.17. The average molecular weight is 493 g/mol. The van der Waals surface area contributed by atoms with Gasteiger partial charge in [-0.1, -0.05) is 60.6 Å². The van der Waals surface area contributed by atoms with Gasteiger partial charge in [0.1, 0.15) is 4.83 Å². The van der Waals surface area contributed by atoms with Gasteiger partial charge in [0.05, 0.1) is 11.1 Å². The number of hydrogen-bond acceptors (Lipinski definition) is 5. The maximum atomic E-state index is 13.9. The van der Waals surface area contributed by atoms with E-state index in [-0.39, 0.29) is 5.56 Å². The maximum Gasteiger partial charge on any atom is 0.268 e. The van der Waals surface area contributed by atoms with Crippen molar-refractivity contribution in [3.05, 3.63) is 86.0 Å². The number of fused-ring (bicyclic) bond motifs is 5. The second kappa shape index (κ2) is 8.31. The minimum Gasteiger partial charge on any atom is -0.268 e. The zero-order valence-corrected chi connectivity index (χ0v) is 20.4. The van der Waals surface area contributed by atoms with E-state index >= 15 is 0 Å². The monoisotopic (exact) mass is 492 g/mol. The standard InChI is InChI=1S/C25H21ClN4OS2/c1-15-7-12-20-19(13-15)21-22(31)29(18-10-8-17(26)9-11-18)24-27-28-25(30(24)23(21)33-20)32-14-16-5-3-2-4-6-16/h2-6,8-11,15H,7,12-14H2,1H3/t15-/m1/s1. The van der Waals surface area contributed by atoms with Crippen molar-refractivity contribution in [2.75, 3.05) is 0 Å². The van der Waals surface area contributed by atoms with Gasteiger partial charge in [-0.3, -0.25) is 4.79 Å². The highest BCUT2D eigenvalue weighted by Crippen LogP contribution is 2.38. The average Bonchev–Trinajstić information content (AvgIpc) is 3.41. The normalized spacial score (nSPS) is 15.9. The van der Waals surface area contributed by atoms with Crippen LogP contribution < -0.4 is 5.56 Å². The first kappa shape index (κ1) is 21.0. The van der Waals surface area contributed by atoms with E-state index in [4.69, 9.17) is 11.6 Å². The van der Waals surface area contributed by atoms with Gasteiger partial charge in [0.15, 0.2) is 5.16 Å². The fourth-order valence-corrected chi connectivity index (χ4v) is 6.95. The molecule has 0 N–H and O–H groups in total. The molecule has 0 spiro atoms. The van der Waals surface area contributed by atoms with E-state index in [0.29, 0.717) is 16.7 Å². The second-order valence-corrected chi connectivity index (χ2v) is 11.0. The van der Waals surface area contributed by atoms with Gasteiger partial charge in [0.2, 0.25) is 5.78 Å². The summed E-state index contributed by atoms with van der Waals surface area (Å²) in [6.07, 6.45) is 3.11. The number of nitrogens with zero attached hydrogens (tertiary/aromatic N) is 4. The highest BCUT2D eigenvalue weighted by molar-refractivity contribution is 7.98. The molecule has 1 aliphatic carbocycles.